The summed E-state index contributed by atoms with van der Waals surface area (Å²) in [6.45, 7) is 3.58. The molecule has 4 nitrogen and oxygen atoms in total. The summed E-state index contributed by atoms with van der Waals surface area (Å²) in [5.41, 5.74) is 0. The van der Waals surface area contributed by atoms with Gasteiger partial charge in [-0.25, -0.2) is 0 Å². The standard InChI is InChI=1S/C13H21NO3/c1-4-6-7-8-9-12(15)14(10-13(16)17)11(3)5-2/h1,11H,5-10H2,2-3H3,(H,16,17). The van der Waals surface area contributed by atoms with Crippen LogP contribution in [-0.2, 0) is 9.59 Å². The Morgan fingerprint density at radius 1 is 1.41 bits per heavy atom. The molecular formula is C13H21NO3. The van der Waals surface area contributed by atoms with Crippen molar-refractivity contribution in [2.75, 3.05) is 6.54 Å². The van der Waals surface area contributed by atoms with Gasteiger partial charge >= 0.3 is 5.97 Å². The van der Waals surface area contributed by atoms with E-state index in [0.717, 1.165) is 19.3 Å². The number of nitrogens with zero attached hydrogens (tertiary/aromatic N) is 1. The molecule has 0 saturated heterocycles. The quantitative estimate of drug-likeness (QED) is 0.520. The second kappa shape index (κ2) is 8.63. The van der Waals surface area contributed by atoms with Crippen LogP contribution in [0.3, 0.4) is 0 Å². The number of rotatable bonds is 8. The van der Waals surface area contributed by atoms with Gasteiger partial charge in [-0.15, -0.1) is 12.3 Å². The van der Waals surface area contributed by atoms with Gasteiger partial charge in [-0.05, 0) is 26.2 Å². The van der Waals surface area contributed by atoms with Gasteiger partial charge in [0, 0.05) is 18.9 Å². The van der Waals surface area contributed by atoms with Crippen molar-refractivity contribution in [3.05, 3.63) is 0 Å². The molecule has 1 atom stereocenters. The van der Waals surface area contributed by atoms with E-state index in [4.69, 9.17) is 11.5 Å². The Morgan fingerprint density at radius 2 is 2.06 bits per heavy atom. The fourth-order valence-electron chi connectivity index (χ4n) is 1.50. The monoisotopic (exact) mass is 239 g/mol. The van der Waals surface area contributed by atoms with Crippen LogP contribution in [0.15, 0.2) is 0 Å². The highest BCUT2D eigenvalue weighted by molar-refractivity contribution is 5.81. The number of aliphatic carboxylic acids is 1. The van der Waals surface area contributed by atoms with Crippen LogP contribution in [0.25, 0.3) is 0 Å². The molecule has 0 rings (SSSR count). The fraction of sp³-hybridized carbons (Fsp3) is 0.692. The minimum Gasteiger partial charge on any atom is -0.480 e. The maximum atomic E-state index is 11.9. The van der Waals surface area contributed by atoms with Gasteiger partial charge in [0.25, 0.3) is 0 Å². The number of carbonyl (C=O) groups excluding carboxylic acids is 1. The number of amides is 1. The van der Waals surface area contributed by atoms with Gasteiger partial charge in [0.2, 0.25) is 5.91 Å². The van der Waals surface area contributed by atoms with E-state index in [1.54, 1.807) is 0 Å². The van der Waals surface area contributed by atoms with E-state index in [9.17, 15) is 9.59 Å². The van der Waals surface area contributed by atoms with Crippen molar-refractivity contribution in [1.29, 1.82) is 0 Å². The Hall–Kier alpha value is -1.50. The fourth-order valence-corrected chi connectivity index (χ4v) is 1.50. The summed E-state index contributed by atoms with van der Waals surface area (Å²) in [5, 5.41) is 8.77. The van der Waals surface area contributed by atoms with E-state index in [2.05, 4.69) is 5.92 Å². The van der Waals surface area contributed by atoms with E-state index in [0.29, 0.717) is 12.8 Å². The molecule has 1 unspecified atom stereocenters. The van der Waals surface area contributed by atoms with E-state index in [1.807, 2.05) is 13.8 Å². The van der Waals surface area contributed by atoms with Crippen LogP contribution in [-0.4, -0.2) is 34.5 Å². The number of hydrogen-bond donors (Lipinski definition) is 1. The van der Waals surface area contributed by atoms with Gasteiger partial charge < -0.3 is 10.0 Å². The van der Waals surface area contributed by atoms with Crippen LogP contribution < -0.4 is 0 Å². The molecule has 0 aliphatic heterocycles. The van der Waals surface area contributed by atoms with Gasteiger partial charge in [0.1, 0.15) is 6.54 Å². The summed E-state index contributed by atoms with van der Waals surface area (Å²) >= 11 is 0. The zero-order chi connectivity index (χ0) is 13.3. The molecule has 1 N–H and O–H groups in total. The van der Waals surface area contributed by atoms with Crippen molar-refractivity contribution in [3.8, 4) is 12.3 Å². The number of unbranched alkanes of at least 4 members (excludes halogenated alkanes) is 2. The normalized spacial score (nSPS) is 11.6. The van der Waals surface area contributed by atoms with Gasteiger partial charge in [-0.3, -0.25) is 9.59 Å². The van der Waals surface area contributed by atoms with Crippen molar-refractivity contribution >= 4 is 11.9 Å². The second-order valence-electron chi connectivity index (χ2n) is 4.08. The summed E-state index contributed by atoms with van der Waals surface area (Å²) in [6, 6.07) is -0.0359. The lowest BCUT2D eigenvalue weighted by Crippen LogP contribution is -2.41. The number of carbonyl (C=O) groups is 2. The second-order valence-corrected chi connectivity index (χ2v) is 4.08. The van der Waals surface area contributed by atoms with Crippen molar-refractivity contribution in [2.45, 2.75) is 52.0 Å². The van der Waals surface area contributed by atoms with Gasteiger partial charge in [-0.2, -0.15) is 0 Å². The predicted molar refractivity (Wildman–Crippen MR) is 66.4 cm³/mol. The van der Waals surface area contributed by atoms with Crippen LogP contribution in [0.2, 0.25) is 0 Å². The summed E-state index contributed by atoms with van der Waals surface area (Å²) in [5.74, 6) is 1.45. The molecule has 96 valence electrons. The SMILES string of the molecule is C#CCCCCC(=O)N(CC(=O)O)C(C)CC. The minimum absolute atomic E-state index is 0.0359. The zero-order valence-corrected chi connectivity index (χ0v) is 10.6. The Kier molecular flexibility index (Phi) is 7.87. The van der Waals surface area contributed by atoms with E-state index in [1.165, 1.54) is 4.90 Å². The lowest BCUT2D eigenvalue weighted by molar-refractivity contribution is -0.146. The first-order valence-corrected chi connectivity index (χ1v) is 5.97. The summed E-state index contributed by atoms with van der Waals surface area (Å²) in [7, 11) is 0. The molecule has 0 aliphatic carbocycles. The van der Waals surface area contributed by atoms with Crippen LogP contribution in [0.5, 0.6) is 0 Å². The molecule has 0 heterocycles. The average Bonchev–Trinajstić information content (AvgIpc) is 2.30. The van der Waals surface area contributed by atoms with Gasteiger partial charge in [0.05, 0.1) is 0 Å². The Bertz CT molecular complexity index is 294. The minimum atomic E-state index is -0.970. The first-order valence-electron chi connectivity index (χ1n) is 5.97. The molecule has 0 saturated carbocycles. The predicted octanol–water partition coefficient (Wildman–Crippen LogP) is 1.89. The number of carboxylic acids is 1. The summed E-state index contributed by atoms with van der Waals surface area (Å²) in [6.07, 6.45) is 8.43. The molecule has 0 aromatic heterocycles. The van der Waals surface area contributed by atoms with E-state index in [-0.39, 0.29) is 18.5 Å². The Morgan fingerprint density at radius 3 is 2.53 bits per heavy atom. The number of carboxylic acid groups (broad SMARTS) is 1. The lowest BCUT2D eigenvalue weighted by Gasteiger charge is -2.27. The van der Waals surface area contributed by atoms with E-state index < -0.39 is 5.97 Å². The molecule has 0 bridgehead atoms. The first kappa shape index (κ1) is 15.5. The third-order valence-electron chi connectivity index (χ3n) is 2.71. The molecule has 0 radical (unpaired) electrons. The summed E-state index contributed by atoms with van der Waals surface area (Å²) < 4.78 is 0. The first-order chi connectivity index (χ1) is 8.02. The third-order valence-corrected chi connectivity index (χ3v) is 2.71. The number of hydrogen-bond acceptors (Lipinski definition) is 2. The van der Waals surface area contributed by atoms with Crippen LogP contribution in [0.1, 0.15) is 46.0 Å². The van der Waals surface area contributed by atoms with Crippen molar-refractivity contribution in [2.24, 2.45) is 0 Å². The van der Waals surface area contributed by atoms with Gasteiger partial charge in [-0.1, -0.05) is 6.92 Å². The molecule has 4 heteroatoms. The van der Waals surface area contributed by atoms with Gasteiger partial charge in [0.15, 0.2) is 0 Å². The highest BCUT2D eigenvalue weighted by atomic mass is 16.4. The molecule has 0 aromatic rings. The maximum Gasteiger partial charge on any atom is 0.323 e. The largest absolute Gasteiger partial charge is 0.480 e. The molecule has 1 amide bonds. The Labute approximate surface area is 103 Å². The summed E-state index contributed by atoms with van der Waals surface area (Å²) in [4.78, 5) is 24.0. The van der Waals surface area contributed by atoms with E-state index >= 15 is 0 Å². The topological polar surface area (TPSA) is 57.6 Å². The third kappa shape index (κ3) is 6.62. The molecule has 17 heavy (non-hydrogen) atoms. The highest BCUT2D eigenvalue weighted by Crippen LogP contribution is 2.09. The number of terminal acetylenes is 1. The van der Waals surface area contributed by atoms with Crippen molar-refractivity contribution < 1.29 is 14.7 Å². The molecule has 0 fully saturated rings. The Balaban J connectivity index is 4.23. The maximum absolute atomic E-state index is 11.9. The average molecular weight is 239 g/mol. The molecule has 0 aromatic carbocycles. The van der Waals surface area contributed by atoms with Crippen LogP contribution >= 0.6 is 0 Å². The molecular weight excluding hydrogens is 218 g/mol. The zero-order valence-electron chi connectivity index (χ0n) is 10.6. The van der Waals surface area contributed by atoms with Crippen molar-refractivity contribution in [1.82, 2.24) is 4.90 Å². The molecule has 0 spiro atoms. The van der Waals surface area contributed by atoms with Crippen LogP contribution in [0.4, 0.5) is 0 Å². The highest BCUT2D eigenvalue weighted by Gasteiger charge is 2.20. The smallest absolute Gasteiger partial charge is 0.323 e. The lowest BCUT2D eigenvalue weighted by atomic mass is 10.1. The molecule has 0 aliphatic rings. The van der Waals surface area contributed by atoms with Crippen molar-refractivity contribution in [3.63, 3.8) is 0 Å². The van der Waals surface area contributed by atoms with Crippen LogP contribution in [0, 0.1) is 12.3 Å².